The third kappa shape index (κ3) is 23.7. The summed E-state index contributed by atoms with van der Waals surface area (Å²) in [5.41, 5.74) is 1.81. The molecule has 562 valence electrons. The van der Waals surface area contributed by atoms with Gasteiger partial charge in [0.05, 0.1) is 52.9 Å². The van der Waals surface area contributed by atoms with Gasteiger partial charge in [0, 0.05) is 65.2 Å². The maximum atomic E-state index is 13.9. The molecular formula is C77H74O30. The van der Waals surface area contributed by atoms with Crippen LogP contribution in [0.15, 0.2) is 146 Å². The topological polar surface area (TPSA) is 345 Å². The Bertz CT molecular complexity index is 4260. The molecule has 6 aliphatic heterocycles. The molecule has 0 aromatic heterocycles. The first kappa shape index (κ1) is 75.5. The smallest absolute Gasteiger partial charge is 0.452 e. The van der Waals surface area contributed by atoms with Crippen molar-refractivity contribution < 1.29 is 143 Å². The van der Waals surface area contributed by atoms with E-state index in [9.17, 15) is 33.6 Å². The fourth-order valence-corrected chi connectivity index (χ4v) is 10.8. The van der Waals surface area contributed by atoms with Crippen molar-refractivity contribution in [3.05, 3.63) is 179 Å². The minimum Gasteiger partial charge on any atom is -0.452 e. The highest BCUT2D eigenvalue weighted by Crippen LogP contribution is 2.57. The van der Waals surface area contributed by atoms with Crippen LogP contribution in [0.2, 0.25) is 0 Å². The van der Waals surface area contributed by atoms with Crippen molar-refractivity contribution in [1.29, 1.82) is 0 Å². The Kier molecular flexibility index (Phi) is 24.9. The van der Waals surface area contributed by atoms with Gasteiger partial charge < -0.3 is 104 Å². The molecule has 30 nitrogen and oxygen atoms in total. The quantitative estimate of drug-likeness (QED) is 0.00346. The summed E-state index contributed by atoms with van der Waals surface area (Å²) in [7, 11) is 0. The monoisotopic (exact) mass is 1480 g/mol. The van der Waals surface area contributed by atoms with Gasteiger partial charge in [0.25, 0.3) is 5.79 Å². The van der Waals surface area contributed by atoms with Crippen molar-refractivity contribution in [3.8, 4) is 57.5 Å². The van der Waals surface area contributed by atoms with Crippen LogP contribution in [0.25, 0.3) is 24.3 Å². The van der Waals surface area contributed by atoms with Gasteiger partial charge in [-0.3, -0.25) is 0 Å². The molecule has 30 heteroatoms. The standard InChI is InChI=1S/C77H74O30/c1-75(2)42-77(105-62-32-65(103-69(79)27-16-50-11-22-54(23-12-50)100-73(83)95-46-87-36-58-40-91-58)64(30-60(62)75)102-68(78)26-15-49-9-20-53(21-10-49)99-72(82)94-45-86-35-57-39-90-57)43-76(3,4)61-31-67(107-97-29-5-6-48-7-18-52(19-8-48)98-71(81)93-44-85-34-56-38-89-56)66(33-63(61)106-77)104-70(80)28-17-51-13-24-55(25-14-51)101-74(84)96-47-88-37-59-41-92-59/h5-28,30-33,56-59H,29,34-47H2,1-4H3/b6-5+,26-15+,27-16+,28-17+. The van der Waals surface area contributed by atoms with E-state index in [0.29, 0.717) is 60.9 Å². The van der Waals surface area contributed by atoms with Crippen LogP contribution in [0.3, 0.4) is 0 Å². The van der Waals surface area contributed by atoms with Crippen LogP contribution in [-0.4, -0.2) is 159 Å². The lowest BCUT2D eigenvalue weighted by molar-refractivity contribution is -0.197. The minimum absolute atomic E-state index is 0.00686. The SMILES string of the molecule is CC1(C)CC2(CC(C)(C)c3cc(OC(=O)/C=C/c4ccc(OC(=O)OCOCC5CO5)cc4)c(OC(=O)/C=C/c4ccc(OC(=O)OCOCC5CO5)cc4)cc3O2)Oc2cc(OC(=O)/C=C/c3ccc(OC(=O)OCOCC4CO4)cc3)c(OOC/C=C/c3ccc(OC(=O)OCOCC4CO4)cc3)cc21. The molecule has 5 atom stereocenters. The van der Waals surface area contributed by atoms with Gasteiger partial charge in [-0.1, -0.05) is 88.4 Å². The highest BCUT2D eigenvalue weighted by Gasteiger charge is 2.54. The molecule has 4 saturated heterocycles. The predicted molar refractivity (Wildman–Crippen MR) is 368 cm³/mol. The van der Waals surface area contributed by atoms with Gasteiger partial charge in [0.1, 0.15) is 65.5 Å². The molecule has 0 saturated carbocycles. The number of ether oxygens (including phenoxy) is 21. The molecule has 0 bridgehead atoms. The average molecular weight is 1480 g/mol. The summed E-state index contributed by atoms with van der Waals surface area (Å²) in [5, 5.41) is 0. The highest BCUT2D eigenvalue weighted by atomic mass is 17.2. The van der Waals surface area contributed by atoms with Gasteiger partial charge in [-0.25, -0.2) is 33.6 Å². The zero-order valence-electron chi connectivity index (χ0n) is 58.3. The molecule has 5 unspecified atom stereocenters. The number of carbonyl (C=O) groups is 7. The van der Waals surface area contributed by atoms with E-state index in [1.807, 2.05) is 27.7 Å². The zero-order valence-corrected chi connectivity index (χ0v) is 58.3. The van der Waals surface area contributed by atoms with Crippen LogP contribution in [0.5, 0.6) is 57.5 Å². The second-order valence-electron chi connectivity index (χ2n) is 25.9. The molecule has 6 aliphatic rings. The summed E-state index contributed by atoms with van der Waals surface area (Å²) >= 11 is 0. The molecule has 4 fully saturated rings. The van der Waals surface area contributed by atoms with Crippen molar-refractivity contribution in [1.82, 2.24) is 0 Å². The lowest BCUT2D eigenvalue weighted by atomic mass is 9.69. The summed E-state index contributed by atoms with van der Waals surface area (Å²) < 4.78 is 114. The Balaban J connectivity index is 0.756. The number of rotatable bonds is 34. The van der Waals surface area contributed by atoms with E-state index in [2.05, 4.69) is 0 Å². The van der Waals surface area contributed by atoms with Gasteiger partial charge in [0.15, 0.2) is 44.4 Å². The highest BCUT2D eigenvalue weighted by molar-refractivity contribution is 5.92. The molecule has 0 radical (unpaired) electrons. The van der Waals surface area contributed by atoms with Crippen molar-refractivity contribution in [2.75, 3.05) is 86.6 Å². The van der Waals surface area contributed by atoms with Crippen molar-refractivity contribution in [3.63, 3.8) is 0 Å². The number of epoxide rings is 4. The normalized spacial score (nSPS) is 19.4. The minimum atomic E-state index is -1.47. The molecule has 1 spiro atoms. The van der Waals surface area contributed by atoms with E-state index in [4.69, 9.17) is 109 Å². The van der Waals surface area contributed by atoms with E-state index in [-0.39, 0.29) is 148 Å². The Morgan fingerprint density at radius 1 is 0.383 bits per heavy atom. The van der Waals surface area contributed by atoms with Crippen molar-refractivity contribution in [2.24, 2.45) is 0 Å². The van der Waals surface area contributed by atoms with Crippen molar-refractivity contribution in [2.45, 2.75) is 81.6 Å². The van der Waals surface area contributed by atoms with E-state index < -0.39 is 59.1 Å². The van der Waals surface area contributed by atoms with Gasteiger partial charge >= 0.3 is 42.5 Å². The lowest BCUT2D eigenvalue weighted by Gasteiger charge is -2.51. The van der Waals surface area contributed by atoms with E-state index in [1.54, 1.807) is 84.9 Å². The fourth-order valence-electron chi connectivity index (χ4n) is 10.8. The second kappa shape index (κ2) is 35.3. The molecule has 12 rings (SSSR count). The Morgan fingerprint density at radius 3 is 0.991 bits per heavy atom. The molecule has 0 amide bonds. The van der Waals surface area contributed by atoms with E-state index in [0.717, 1.165) is 17.7 Å². The zero-order chi connectivity index (χ0) is 74.8. The summed E-state index contributed by atoms with van der Waals surface area (Å²) in [4.78, 5) is 102. The van der Waals surface area contributed by atoms with Gasteiger partial charge in [0.2, 0.25) is 5.75 Å². The van der Waals surface area contributed by atoms with Crippen molar-refractivity contribution >= 4 is 66.8 Å². The predicted octanol–water partition coefficient (Wildman–Crippen LogP) is 11.6. The van der Waals surface area contributed by atoms with Gasteiger partial charge in [-0.05, 0) is 101 Å². The first-order chi connectivity index (χ1) is 51.7. The average Bonchev–Trinajstić information content (AvgIpc) is 1.02. The third-order valence-corrected chi connectivity index (χ3v) is 16.2. The number of hydrogen-bond acceptors (Lipinski definition) is 30. The molecule has 107 heavy (non-hydrogen) atoms. The number of esters is 3. The second-order valence-corrected chi connectivity index (χ2v) is 25.9. The third-order valence-electron chi connectivity index (χ3n) is 16.2. The molecule has 0 aliphatic carbocycles. The molecule has 6 aromatic rings. The van der Waals surface area contributed by atoms with E-state index in [1.165, 1.54) is 72.8 Å². The number of carbonyl (C=O) groups excluding carboxylic acids is 7. The van der Waals surface area contributed by atoms with Crippen LogP contribution >= 0.6 is 0 Å². The van der Waals surface area contributed by atoms with E-state index >= 15 is 0 Å². The summed E-state index contributed by atoms with van der Waals surface area (Å²) in [5.74, 6) is -3.33. The fraction of sp³-hybridized carbons (Fsp3) is 0.338. The molecular weight excluding hydrogens is 1400 g/mol. The first-order valence-electron chi connectivity index (χ1n) is 33.7. The summed E-state index contributed by atoms with van der Waals surface area (Å²) in [6.45, 7) is 10.0. The van der Waals surface area contributed by atoms with Gasteiger partial charge in [-0.2, -0.15) is 4.89 Å². The number of hydrogen-bond donors (Lipinski definition) is 0. The Labute approximate surface area is 612 Å². The molecule has 6 aromatic carbocycles. The first-order valence-corrected chi connectivity index (χ1v) is 33.7. The number of fused-ring (bicyclic) bond motifs is 2. The lowest BCUT2D eigenvalue weighted by Crippen LogP contribution is -2.55. The Hall–Kier alpha value is -11.2. The summed E-state index contributed by atoms with van der Waals surface area (Å²) in [6, 6.07) is 31.2. The van der Waals surface area contributed by atoms with Crippen LogP contribution in [0.1, 0.15) is 73.9 Å². The van der Waals surface area contributed by atoms with Crippen LogP contribution in [-0.2, 0) is 86.9 Å². The molecule has 0 N–H and O–H groups in total. The van der Waals surface area contributed by atoms with Crippen LogP contribution in [0.4, 0.5) is 19.2 Å². The molecule has 6 heterocycles. The maximum absolute atomic E-state index is 13.9. The summed E-state index contributed by atoms with van der Waals surface area (Å²) in [6.07, 6.45) is 7.80. The largest absolute Gasteiger partial charge is 0.515 e. The maximum Gasteiger partial charge on any atom is 0.515 e. The van der Waals surface area contributed by atoms with Crippen LogP contribution < -0.4 is 47.5 Å². The van der Waals surface area contributed by atoms with Gasteiger partial charge in [-0.15, -0.1) is 0 Å². The number of benzene rings is 6. The van der Waals surface area contributed by atoms with Crippen LogP contribution in [0, 0.1) is 0 Å². The Morgan fingerprint density at radius 2 is 0.673 bits per heavy atom.